The summed E-state index contributed by atoms with van der Waals surface area (Å²) >= 11 is 14.8. The van der Waals surface area contributed by atoms with Crippen LogP contribution in [0.15, 0.2) is 34.9 Å². The Morgan fingerprint density at radius 2 is 2.11 bits per heavy atom. The van der Waals surface area contributed by atoms with Crippen LogP contribution in [-0.4, -0.2) is 4.98 Å². The van der Waals surface area contributed by atoms with Gasteiger partial charge in [-0.25, -0.2) is 9.37 Å². The van der Waals surface area contributed by atoms with E-state index in [1.54, 1.807) is 24.4 Å². The van der Waals surface area contributed by atoms with Crippen molar-refractivity contribution in [2.24, 2.45) is 0 Å². The summed E-state index contributed by atoms with van der Waals surface area (Å²) in [6, 6.07) is 6.67. The van der Waals surface area contributed by atoms with Crippen molar-refractivity contribution >= 4 is 44.8 Å². The third-order valence-corrected chi connectivity index (χ3v) is 3.74. The van der Waals surface area contributed by atoms with Crippen LogP contribution in [0.1, 0.15) is 5.56 Å². The highest BCUT2D eigenvalue weighted by Crippen LogP contribution is 2.24. The number of halogens is 4. The zero-order chi connectivity index (χ0) is 13.1. The van der Waals surface area contributed by atoms with Crippen LogP contribution in [-0.2, 0) is 6.54 Å². The molecule has 0 amide bonds. The lowest BCUT2D eigenvalue weighted by atomic mass is 10.2. The van der Waals surface area contributed by atoms with E-state index in [0.717, 1.165) is 5.69 Å². The molecule has 1 N–H and O–H groups in total. The Morgan fingerprint density at radius 1 is 1.33 bits per heavy atom. The highest BCUT2D eigenvalue weighted by molar-refractivity contribution is 9.10. The lowest BCUT2D eigenvalue weighted by Crippen LogP contribution is -2.02. The van der Waals surface area contributed by atoms with Gasteiger partial charge in [0.1, 0.15) is 11.0 Å². The Labute approximate surface area is 122 Å². The van der Waals surface area contributed by atoms with E-state index >= 15 is 0 Å². The molecule has 0 bridgehead atoms. The molecule has 1 heterocycles. The predicted molar refractivity (Wildman–Crippen MR) is 75.7 cm³/mol. The maximum absolute atomic E-state index is 13.6. The van der Waals surface area contributed by atoms with Gasteiger partial charge < -0.3 is 5.32 Å². The summed E-state index contributed by atoms with van der Waals surface area (Å²) in [6.07, 6.45) is 1.58. The minimum absolute atomic E-state index is 0.115. The second kappa shape index (κ2) is 5.87. The van der Waals surface area contributed by atoms with E-state index in [4.69, 9.17) is 23.2 Å². The first kappa shape index (κ1) is 13.6. The van der Waals surface area contributed by atoms with Gasteiger partial charge in [-0.3, -0.25) is 0 Å². The first-order valence-corrected chi connectivity index (χ1v) is 6.60. The van der Waals surface area contributed by atoms with Crippen molar-refractivity contribution in [1.29, 1.82) is 0 Å². The topological polar surface area (TPSA) is 24.9 Å². The summed E-state index contributed by atoms with van der Waals surface area (Å²) in [4.78, 5) is 3.97. The summed E-state index contributed by atoms with van der Waals surface area (Å²) in [6.45, 7) is 0.322. The van der Waals surface area contributed by atoms with Gasteiger partial charge in [0, 0.05) is 12.1 Å². The van der Waals surface area contributed by atoms with Crippen molar-refractivity contribution in [2.75, 3.05) is 5.32 Å². The van der Waals surface area contributed by atoms with Crippen molar-refractivity contribution < 1.29 is 4.39 Å². The number of pyridine rings is 1. The standard InChI is InChI=1S/C12H8BrCl2FN2/c13-9-4-8(6-18-12(9)15)17-5-7-2-1-3-10(14)11(7)16/h1-4,6,17H,5H2. The van der Waals surface area contributed by atoms with Gasteiger partial charge in [0.2, 0.25) is 0 Å². The molecule has 0 unspecified atom stereocenters. The lowest BCUT2D eigenvalue weighted by Gasteiger charge is -2.08. The fourth-order valence-corrected chi connectivity index (χ4v) is 2.05. The van der Waals surface area contributed by atoms with E-state index < -0.39 is 5.82 Å². The largest absolute Gasteiger partial charge is 0.380 e. The van der Waals surface area contributed by atoms with Crippen LogP contribution in [0.4, 0.5) is 10.1 Å². The van der Waals surface area contributed by atoms with Crippen molar-refractivity contribution in [1.82, 2.24) is 4.98 Å². The van der Waals surface area contributed by atoms with E-state index in [9.17, 15) is 4.39 Å². The summed E-state index contributed by atoms with van der Waals surface area (Å²) in [7, 11) is 0. The number of hydrogen-bond acceptors (Lipinski definition) is 2. The fourth-order valence-electron chi connectivity index (χ4n) is 1.40. The Morgan fingerprint density at radius 3 is 2.83 bits per heavy atom. The molecule has 0 aliphatic carbocycles. The molecule has 0 spiro atoms. The van der Waals surface area contributed by atoms with Gasteiger partial charge in [0.15, 0.2) is 0 Å². The Hall–Kier alpha value is -0.840. The summed E-state index contributed by atoms with van der Waals surface area (Å²) in [5, 5.41) is 3.55. The van der Waals surface area contributed by atoms with Gasteiger partial charge in [0.25, 0.3) is 0 Å². The van der Waals surface area contributed by atoms with Gasteiger partial charge in [-0.1, -0.05) is 35.3 Å². The van der Waals surface area contributed by atoms with Crippen molar-refractivity contribution in [3.63, 3.8) is 0 Å². The number of benzene rings is 1. The maximum Gasteiger partial charge on any atom is 0.146 e. The van der Waals surface area contributed by atoms with E-state index in [2.05, 4.69) is 26.2 Å². The van der Waals surface area contributed by atoms with Gasteiger partial charge in [-0.05, 0) is 28.1 Å². The molecule has 6 heteroatoms. The Balaban J connectivity index is 2.11. The maximum atomic E-state index is 13.6. The van der Waals surface area contributed by atoms with Crippen LogP contribution in [0.25, 0.3) is 0 Å². The summed E-state index contributed by atoms with van der Waals surface area (Å²) < 4.78 is 14.3. The fraction of sp³-hybridized carbons (Fsp3) is 0.0833. The third kappa shape index (κ3) is 3.13. The number of hydrogen-bond donors (Lipinski definition) is 1. The minimum atomic E-state index is -0.410. The molecular formula is C12H8BrCl2FN2. The normalized spacial score (nSPS) is 10.4. The molecule has 0 aliphatic heterocycles. The first-order valence-electron chi connectivity index (χ1n) is 5.05. The number of rotatable bonds is 3. The molecular weight excluding hydrogens is 342 g/mol. The van der Waals surface area contributed by atoms with Crippen LogP contribution in [0.5, 0.6) is 0 Å². The lowest BCUT2D eigenvalue weighted by molar-refractivity contribution is 0.613. The Kier molecular flexibility index (Phi) is 4.43. The summed E-state index contributed by atoms with van der Waals surface area (Å²) in [5.41, 5.74) is 1.24. The summed E-state index contributed by atoms with van der Waals surface area (Å²) in [5.74, 6) is -0.410. The van der Waals surface area contributed by atoms with Gasteiger partial charge in [0.05, 0.1) is 21.4 Å². The molecule has 2 nitrogen and oxygen atoms in total. The minimum Gasteiger partial charge on any atom is -0.380 e. The van der Waals surface area contributed by atoms with Crippen molar-refractivity contribution in [3.8, 4) is 0 Å². The van der Waals surface area contributed by atoms with E-state index in [0.29, 0.717) is 21.7 Å². The molecule has 94 valence electrons. The number of aromatic nitrogens is 1. The second-order valence-corrected chi connectivity index (χ2v) is 5.18. The molecule has 18 heavy (non-hydrogen) atoms. The Bertz CT molecular complexity index is 578. The van der Waals surface area contributed by atoms with E-state index in [1.807, 2.05) is 0 Å². The van der Waals surface area contributed by atoms with Crippen molar-refractivity contribution in [3.05, 3.63) is 56.5 Å². The highest BCUT2D eigenvalue weighted by Gasteiger charge is 2.06. The zero-order valence-corrected chi connectivity index (χ0v) is 12.2. The number of nitrogens with one attached hydrogen (secondary N) is 1. The molecule has 0 aliphatic rings. The van der Waals surface area contributed by atoms with Crippen LogP contribution >= 0.6 is 39.1 Å². The zero-order valence-electron chi connectivity index (χ0n) is 9.05. The highest BCUT2D eigenvalue weighted by atomic mass is 79.9. The van der Waals surface area contributed by atoms with Gasteiger partial charge in [-0.2, -0.15) is 0 Å². The molecule has 0 atom stereocenters. The number of anilines is 1. The van der Waals surface area contributed by atoms with Crippen LogP contribution in [0.3, 0.4) is 0 Å². The number of nitrogens with zero attached hydrogens (tertiary/aromatic N) is 1. The van der Waals surface area contributed by atoms with E-state index in [1.165, 1.54) is 6.07 Å². The molecule has 0 radical (unpaired) electrons. The monoisotopic (exact) mass is 348 g/mol. The van der Waals surface area contributed by atoms with E-state index in [-0.39, 0.29) is 5.02 Å². The molecule has 1 aromatic heterocycles. The van der Waals surface area contributed by atoms with Crippen molar-refractivity contribution in [2.45, 2.75) is 6.54 Å². The van der Waals surface area contributed by atoms with Gasteiger partial charge in [-0.15, -0.1) is 0 Å². The average Bonchev–Trinajstić information content (AvgIpc) is 2.35. The molecule has 0 saturated carbocycles. The molecule has 2 rings (SSSR count). The smallest absolute Gasteiger partial charge is 0.146 e. The average molecular weight is 350 g/mol. The van der Waals surface area contributed by atoms with Gasteiger partial charge >= 0.3 is 0 Å². The predicted octanol–water partition coefficient (Wildman–Crippen LogP) is 4.90. The molecule has 0 saturated heterocycles. The van der Waals surface area contributed by atoms with Crippen LogP contribution in [0, 0.1) is 5.82 Å². The SMILES string of the molecule is Fc1c(Cl)cccc1CNc1cnc(Cl)c(Br)c1. The molecule has 2 aromatic rings. The first-order chi connectivity index (χ1) is 8.58. The van der Waals surface area contributed by atoms with Crippen LogP contribution in [0.2, 0.25) is 10.2 Å². The second-order valence-electron chi connectivity index (χ2n) is 3.56. The molecule has 1 aromatic carbocycles. The quantitative estimate of drug-likeness (QED) is 0.797. The third-order valence-electron chi connectivity index (χ3n) is 2.31. The van der Waals surface area contributed by atoms with Crippen LogP contribution < -0.4 is 5.32 Å². The molecule has 0 fully saturated rings.